The number of sulfonamides is 1. The molecule has 2 rings (SSSR count). The fourth-order valence-corrected chi connectivity index (χ4v) is 3.77. The van der Waals surface area contributed by atoms with Crippen molar-refractivity contribution in [1.82, 2.24) is 14.5 Å². The highest BCUT2D eigenvalue weighted by Gasteiger charge is 2.29. The standard InChI is InChI=1S/C13H23N3O3S/c1-13(2)5-3-11(4-6-13)15-20(18,19)12-9-14-16(10-12)7-8-17/h9-11,15,17H,3-8H2,1-2H3. The van der Waals surface area contributed by atoms with E-state index in [0.29, 0.717) is 12.0 Å². The summed E-state index contributed by atoms with van der Waals surface area (Å²) in [5, 5.41) is 12.7. The van der Waals surface area contributed by atoms with E-state index < -0.39 is 10.0 Å². The maximum Gasteiger partial charge on any atom is 0.243 e. The zero-order chi connectivity index (χ0) is 14.8. The van der Waals surface area contributed by atoms with Crippen LogP contribution in [0, 0.1) is 5.41 Å². The Hall–Kier alpha value is -0.920. The van der Waals surface area contributed by atoms with Gasteiger partial charge in [-0.05, 0) is 31.1 Å². The molecule has 1 saturated carbocycles. The largest absolute Gasteiger partial charge is 0.394 e. The van der Waals surface area contributed by atoms with Crippen molar-refractivity contribution >= 4 is 10.0 Å². The van der Waals surface area contributed by atoms with E-state index in [1.54, 1.807) is 0 Å². The monoisotopic (exact) mass is 301 g/mol. The maximum absolute atomic E-state index is 12.3. The summed E-state index contributed by atoms with van der Waals surface area (Å²) in [6.45, 7) is 4.67. The molecule has 1 aliphatic carbocycles. The van der Waals surface area contributed by atoms with Crippen molar-refractivity contribution in [2.75, 3.05) is 6.61 Å². The molecular weight excluding hydrogens is 278 g/mol. The smallest absolute Gasteiger partial charge is 0.243 e. The lowest BCUT2D eigenvalue weighted by Crippen LogP contribution is -2.39. The molecule has 0 bridgehead atoms. The Bertz CT molecular complexity index is 541. The molecule has 7 heteroatoms. The molecule has 0 radical (unpaired) electrons. The number of hydrogen-bond donors (Lipinski definition) is 2. The normalized spacial score (nSPS) is 20.1. The van der Waals surface area contributed by atoms with Gasteiger partial charge >= 0.3 is 0 Å². The minimum atomic E-state index is -3.51. The number of nitrogens with one attached hydrogen (secondary N) is 1. The Labute approximate surface area is 120 Å². The van der Waals surface area contributed by atoms with Crippen molar-refractivity contribution in [2.24, 2.45) is 5.41 Å². The molecule has 0 unspecified atom stereocenters. The Kier molecular flexibility index (Phi) is 4.51. The molecule has 0 aromatic carbocycles. The molecular formula is C13H23N3O3S. The zero-order valence-corrected chi connectivity index (χ0v) is 12.9. The minimum Gasteiger partial charge on any atom is -0.394 e. The van der Waals surface area contributed by atoms with Crippen molar-refractivity contribution in [2.45, 2.75) is 57.0 Å². The second kappa shape index (κ2) is 5.83. The maximum atomic E-state index is 12.3. The van der Waals surface area contributed by atoms with Gasteiger partial charge in [0.2, 0.25) is 10.0 Å². The van der Waals surface area contributed by atoms with E-state index in [9.17, 15) is 8.42 Å². The SMILES string of the molecule is CC1(C)CCC(NS(=O)(=O)c2cnn(CCO)c2)CC1. The van der Waals surface area contributed by atoms with Crippen molar-refractivity contribution in [3.63, 3.8) is 0 Å². The predicted octanol–water partition coefficient (Wildman–Crippen LogP) is 1.12. The highest BCUT2D eigenvalue weighted by atomic mass is 32.2. The molecule has 1 aliphatic rings. The van der Waals surface area contributed by atoms with E-state index in [-0.39, 0.29) is 17.5 Å². The van der Waals surface area contributed by atoms with Gasteiger partial charge in [0, 0.05) is 12.2 Å². The van der Waals surface area contributed by atoms with E-state index in [0.717, 1.165) is 25.7 Å². The molecule has 0 atom stereocenters. The van der Waals surface area contributed by atoms with E-state index in [1.165, 1.54) is 17.1 Å². The van der Waals surface area contributed by atoms with Crippen LogP contribution in [-0.2, 0) is 16.6 Å². The molecule has 0 saturated heterocycles. The van der Waals surface area contributed by atoms with Crippen LogP contribution in [-0.4, -0.2) is 36.0 Å². The van der Waals surface area contributed by atoms with Crippen LogP contribution in [0.4, 0.5) is 0 Å². The molecule has 1 fully saturated rings. The summed E-state index contributed by atoms with van der Waals surface area (Å²) < 4.78 is 28.7. The number of hydrogen-bond acceptors (Lipinski definition) is 4. The summed E-state index contributed by atoms with van der Waals surface area (Å²) in [5.74, 6) is 0. The summed E-state index contributed by atoms with van der Waals surface area (Å²) in [4.78, 5) is 0.163. The summed E-state index contributed by atoms with van der Waals surface area (Å²) in [5.41, 5.74) is 0.313. The Balaban J connectivity index is 2.00. The topological polar surface area (TPSA) is 84.2 Å². The number of aromatic nitrogens is 2. The minimum absolute atomic E-state index is 0.00853. The Morgan fingerprint density at radius 2 is 2.10 bits per heavy atom. The quantitative estimate of drug-likeness (QED) is 0.853. The van der Waals surface area contributed by atoms with Crippen LogP contribution in [0.1, 0.15) is 39.5 Å². The van der Waals surface area contributed by atoms with Gasteiger partial charge in [-0.25, -0.2) is 13.1 Å². The molecule has 0 spiro atoms. The van der Waals surface area contributed by atoms with Gasteiger partial charge in [-0.3, -0.25) is 4.68 Å². The number of rotatable bonds is 5. The lowest BCUT2D eigenvalue weighted by molar-refractivity contribution is 0.218. The Morgan fingerprint density at radius 3 is 2.70 bits per heavy atom. The molecule has 20 heavy (non-hydrogen) atoms. The van der Waals surface area contributed by atoms with Crippen molar-refractivity contribution in [3.05, 3.63) is 12.4 Å². The van der Waals surface area contributed by atoms with E-state index in [4.69, 9.17) is 5.11 Å². The van der Waals surface area contributed by atoms with Gasteiger partial charge < -0.3 is 5.11 Å². The van der Waals surface area contributed by atoms with Crippen LogP contribution in [0.15, 0.2) is 17.3 Å². The van der Waals surface area contributed by atoms with Crippen molar-refractivity contribution < 1.29 is 13.5 Å². The fourth-order valence-electron chi connectivity index (χ4n) is 2.51. The van der Waals surface area contributed by atoms with Crippen LogP contribution in [0.25, 0.3) is 0 Å². The average molecular weight is 301 g/mol. The van der Waals surface area contributed by atoms with Gasteiger partial charge in [0.1, 0.15) is 4.90 Å². The van der Waals surface area contributed by atoms with Gasteiger partial charge in [-0.1, -0.05) is 13.8 Å². The molecule has 1 aromatic heterocycles. The molecule has 2 N–H and O–H groups in total. The molecule has 1 heterocycles. The van der Waals surface area contributed by atoms with Crippen LogP contribution in [0.5, 0.6) is 0 Å². The predicted molar refractivity (Wildman–Crippen MR) is 75.7 cm³/mol. The number of aliphatic hydroxyl groups is 1. The summed E-state index contributed by atoms with van der Waals surface area (Å²) in [7, 11) is -3.51. The highest BCUT2D eigenvalue weighted by Crippen LogP contribution is 2.35. The molecule has 6 nitrogen and oxygen atoms in total. The van der Waals surface area contributed by atoms with E-state index >= 15 is 0 Å². The molecule has 1 aromatic rings. The third-order valence-corrected chi connectivity index (χ3v) is 5.38. The summed E-state index contributed by atoms with van der Waals surface area (Å²) in [6, 6.07) is 0.00853. The van der Waals surface area contributed by atoms with Crippen LogP contribution >= 0.6 is 0 Å². The van der Waals surface area contributed by atoms with Crippen molar-refractivity contribution in [1.29, 1.82) is 0 Å². The second-order valence-electron chi connectivity index (χ2n) is 6.22. The Morgan fingerprint density at radius 1 is 1.45 bits per heavy atom. The van der Waals surface area contributed by atoms with E-state index in [2.05, 4.69) is 23.7 Å². The van der Waals surface area contributed by atoms with Crippen LogP contribution in [0.3, 0.4) is 0 Å². The molecule has 114 valence electrons. The lowest BCUT2D eigenvalue weighted by Gasteiger charge is -2.34. The summed E-state index contributed by atoms with van der Waals surface area (Å²) >= 11 is 0. The van der Waals surface area contributed by atoms with Crippen LogP contribution < -0.4 is 4.72 Å². The van der Waals surface area contributed by atoms with Gasteiger partial charge in [0.15, 0.2) is 0 Å². The zero-order valence-electron chi connectivity index (χ0n) is 12.0. The van der Waals surface area contributed by atoms with E-state index in [1.807, 2.05) is 0 Å². The average Bonchev–Trinajstić information content (AvgIpc) is 2.82. The third-order valence-electron chi connectivity index (χ3n) is 3.91. The number of aliphatic hydroxyl groups excluding tert-OH is 1. The summed E-state index contributed by atoms with van der Waals surface area (Å²) in [6.07, 6.45) is 6.58. The van der Waals surface area contributed by atoms with Gasteiger partial charge in [0.05, 0.1) is 19.3 Å². The first kappa shape index (κ1) is 15.5. The molecule has 0 aliphatic heterocycles. The first-order valence-corrected chi connectivity index (χ1v) is 8.46. The third kappa shape index (κ3) is 3.80. The number of nitrogens with zero attached hydrogens (tertiary/aromatic N) is 2. The van der Waals surface area contributed by atoms with Crippen LogP contribution in [0.2, 0.25) is 0 Å². The first-order chi connectivity index (χ1) is 9.32. The van der Waals surface area contributed by atoms with Gasteiger partial charge in [0.25, 0.3) is 0 Å². The lowest BCUT2D eigenvalue weighted by atomic mass is 9.76. The van der Waals surface area contributed by atoms with Crippen molar-refractivity contribution in [3.8, 4) is 0 Å². The molecule has 0 amide bonds. The fraction of sp³-hybridized carbons (Fsp3) is 0.769. The van der Waals surface area contributed by atoms with Gasteiger partial charge in [-0.2, -0.15) is 5.10 Å². The van der Waals surface area contributed by atoms with Gasteiger partial charge in [-0.15, -0.1) is 0 Å². The first-order valence-electron chi connectivity index (χ1n) is 6.98. The second-order valence-corrected chi connectivity index (χ2v) is 7.94. The highest BCUT2D eigenvalue weighted by molar-refractivity contribution is 7.89.